The van der Waals surface area contributed by atoms with Crippen LogP contribution in [0.2, 0.25) is 5.02 Å². The van der Waals surface area contributed by atoms with E-state index in [1.807, 2.05) is 23.1 Å². The minimum Gasteiger partial charge on any atom is -0.379 e. The minimum absolute atomic E-state index is 0.0775. The Kier molecular flexibility index (Phi) is 9.71. The molecule has 3 aliphatic rings. The van der Waals surface area contributed by atoms with Gasteiger partial charge in [-0.3, -0.25) is 14.5 Å². The fourth-order valence-electron chi connectivity index (χ4n) is 6.19. The fraction of sp³-hybridized carbons (Fsp3) is 0.724. The van der Waals surface area contributed by atoms with Gasteiger partial charge in [0.1, 0.15) is 6.04 Å². The van der Waals surface area contributed by atoms with Gasteiger partial charge in [0.25, 0.3) is 0 Å². The third-order valence-corrected chi connectivity index (χ3v) is 8.55. The quantitative estimate of drug-likeness (QED) is 0.608. The summed E-state index contributed by atoms with van der Waals surface area (Å²) in [6.45, 7) is 8.96. The molecule has 200 valence electrons. The molecule has 0 aromatic heterocycles. The molecule has 3 aliphatic heterocycles. The molecule has 1 spiro atoms. The highest BCUT2D eigenvalue weighted by Gasteiger charge is 2.43. The number of hydrogen-bond acceptors (Lipinski definition) is 4. The zero-order valence-corrected chi connectivity index (χ0v) is 22.9. The first-order valence-electron chi connectivity index (χ1n) is 14.0. The van der Waals surface area contributed by atoms with E-state index in [1.54, 1.807) is 0 Å². The van der Waals surface area contributed by atoms with Gasteiger partial charge in [0.15, 0.2) is 0 Å². The maximum absolute atomic E-state index is 14.0. The van der Waals surface area contributed by atoms with E-state index in [9.17, 15) is 9.59 Å². The third kappa shape index (κ3) is 7.02. The van der Waals surface area contributed by atoms with Crippen LogP contribution in [0.4, 0.5) is 0 Å². The van der Waals surface area contributed by atoms with Gasteiger partial charge in [-0.2, -0.15) is 0 Å². The van der Waals surface area contributed by atoms with Crippen LogP contribution >= 0.6 is 11.6 Å². The van der Waals surface area contributed by atoms with E-state index in [-0.39, 0.29) is 17.9 Å². The van der Waals surface area contributed by atoms with Crippen molar-refractivity contribution >= 4 is 23.4 Å². The summed E-state index contributed by atoms with van der Waals surface area (Å²) in [4.78, 5) is 32.0. The van der Waals surface area contributed by atoms with E-state index >= 15 is 0 Å². The third-order valence-electron chi connectivity index (χ3n) is 8.32. The van der Waals surface area contributed by atoms with Crippen molar-refractivity contribution in [3.63, 3.8) is 0 Å². The molecule has 0 unspecified atom stereocenters. The number of hydrogen-bond donors (Lipinski definition) is 1. The summed E-state index contributed by atoms with van der Waals surface area (Å²) in [6, 6.07) is 7.71. The van der Waals surface area contributed by atoms with Gasteiger partial charge in [-0.25, -0.2) is 0 Å². The Bertz CT molecular complexity index is 884. The fourth-order valence-corrected chi connectivity index (χ4v) is 6.40. The lowest BCUT2D eigenvalue weighted by Crippen LogP contribution is -2.56. The van der Waals surface area contributed by atoms with Crippen molar-refractivity contribution in [2.75, 3.05) is 32.8 Å². The zero-order chi connectivity index (χ0) is 25.5. The molecule has 2 amide bonds. The highest BCUT2D eigenvalue weighted by molar-refractivity contribution is 6.30. The van der Waals surface area contributed by atoms with Crippen LogP contribution in [0.5, 0.6) is 0 Å². The van der Waals surface area contributed by atoms with E-state index in [0.717, 1.165) is 89.2 Å². The Morgan fingerprint density at radius 3 is 2.64 bits per heavy atom. The van der Waals surface area contributed by atoms with Gasteiger partial charge >= 0.3 is 0 Å². The van der Waals surface area contributed by atoms with Gasteiger partial charge in [0, 0.05) is 24.7 Å². The van der Waals surface area contributed by atoms with Gasteiger partial charge in [-0.1, -0.05) is 50.4 Å². The lowest BCUT2D eigenvalue weighted by atomic mass is 9.73. The number of benzene rings is 1. The molecule has 1 aromatic rings. The standard InChI is InChI=1S/C29H44ClN3O3/c1-22(2)18-26-27(34)33-14-7-10-25(33)21-36-17-5-3-4-11-29(28(35)31-26)12-15-32(16-13-29)20-23-8-6-9-24(30)19-23/h6,8-9,19,22,25-26H,3-5,7,10-18,20-21H2,1-2H3,(H,31,35)/t25-,26-/m0/s1. The van der Waals surface area contributed by atoms with Crippen molar-refractivity contribution in [3.05, 3.63) is 34.9 Å². The van der Waals surface area contributed by atoms with Crippen molar-refractivity contribution in [1.82, 2.24) is 15.1 Å². The molecule has 0 aliphatic carbocycles. The molecule has 2 atom stereocenters. The molecule has 0 bridgehead atoms. The highest BCUT2D eigenvalue weighted by atomic mass is 35.5. The number of nitrogens with one attached hydrogen (secondary N) is 1. The van der Waals surface area contributed by atoms with Crippen LogP contribution in [-0.4, -0.2) is 66.5 Å². The second-order valence-corrected chi connectivity index (χ2v) is 12.0. The Morgan fingerprint density at radius 1 is 1.08 bits per heavy atom. The molecule has 1 N–H and O–H groups in total. The molecule has 3 saturated heterocycles. The van der Waals surface area contributed by atoms with E-state index < -0.39 is 11.5 Å². The van der Waals surface area contributed by atoms with Crippen molar-refractivity contribution in [1.29, 1.82) is 0 Å². The molecule has 4 rings (SSSR count). The van der Waals surface area contributed by atoms with Crippen LogP contribution in [0.25, 0.3) is 0 Å². The maximum atomic E-state index is 14.0. The van der Waals surface area contributed by atoms with Gasteiger partial charge < -0.3 is 15.0 Å². The van der Waals surface area contributed by atoms with Gasteiger partial charge in [0.05, 0.1) is 18.1 Å². The lowest BCUT2D eigenvalue weighted by Gasteiger charge is -2.42. The number of likely N-dealkylation sites (tertiary alicyclic amines) is 1. The molecular formula is C29H44ClN3O3. The molecule has 1 aromatic carbocycles. The number of piperidine rings is 1. The summed E-state index contributed by atoms with van der Waals surface area (Å²) in [5.74, 6) is 0.493. The summed E-state index contributed by atoms with van der Waals surface area (Å²) < 4.78 is 6.00. The normalized spacial score (nSPS) is 26.6. The SMILES string of the molecule is CC(C)C[C@@H]1NC(=O)C2(CCCCCOC[C@@H]3CCCN3C1=O)CCN(Cc1cccc(Cl)c1)CC2. The number of amides is 2. The van der Waals surface area contributed by atoms with Crippen LogP contribution in [0.15, 0.2) is 24.3 Å². The molecule has 7 heteroatoms. The van der Waals surface area contributed by atoms with Gasteiger partial charge in [-0.05, 0) is 81.6 Å². The maximum Gasteiger partial charge on any atom is 0.245 e. The monoisotopic (exact) mass is 517 g/mol. The molecule has 3 fully saturated rings. The Morgan fingerprint density at radius 2 is 1.89 bits per heavy atom. The Labute approximate surface area is 222 Å². The average molecular weight is 518 g/mol. The van der Waals surface area contributed by atoms with Crippen molar-refractivity contribution in [2.45, 2.75) is 90.3 Å². The van der Waals surface area contributed by atoms with Crippen molar-refractivity contribution < 1.29 is 14.3 Å². The predicted octanol–water partition coefficient (Wildman–Crippen LogP) is 5.03. The number of carbonyl (C=O) groups is 2. The van der Waals surface area contributed by atoms with Crippen LogP contribution in [-0.2, 0) is 20.9 Å². The molecule has 0 saturated carbocycles. The smallest absolute Gasteiger partial charge is 0.245 e. The number of fused-ring (bicyclic) bond motifs is 1. The van der Waals surface area contributed by atoms with E-state index in [1.165, 1.54) is 5.56 Å². The summed E-state index contributed by atoms with van der Waals surface area (Å²) >= 11 is 6.19. The van der Waals surface area contributed by atoms with Crippen molar-refractivity contribution in [3.8, 4) is 0 Å². The number of carbonyl (C=O) groups excluding carboxylic acids is 2. The summed E-state index contributed by atoms with van der Waals surface area (Å²) in [5, 5.41) is 4.05. The number of rotatable bonds is 4. The summed E-state index contributed by atoms with van der Waals surface area (Å²) in [5.41, 5.74) is 0.798. The van der Waals surface area contributed by atoms with Crippen LogP contribution in [0.1, 0.15) is 77.2 Å². The first-order valence-corrected chi connectivity index (χ1v) is 14.4. The Balaban J connectivity index is 1.48. The zero-order valence-electron chi connectivity index (χ0n) is 22.1. The molecule has 6 nitrogen and oxygen atoms in total. The second-order valence-electron chi connectivity index (χ2n) is 11.6. The minimum atomic E-state index is -0.456. The second kappa shape index (κ2) is 12.7. The molecular weight excluding hydrogens is 474 g/mol. The van der Waals surface area contributed by atoms with Crippen LogP contribution in [0.3, 0.4) is 0 Å². The van der Waals surface area contributed by atoms with E-state index in [2.05, 4.69) is 30.1 Å². The molecule has 0 radical (unpaired) electrons. The van der Waals surface area contributed by atoms with Crippen molar-refractivity contribution in [2.24, 2.45) is 11.3 Å². The summed E-state index contributed by atoms with van der Waals surface area (Å²) in [7, 11) is 0. The molecule has 3 heterocycles. The lowest BCUT2D eigenvalue weighted by molar-refractivity contribution is -0.143. The van der Waals surface area contributed by atoms with Gasteiger partial charge in [-0.15, -0.1) is 0 Å². The van der Waals surface area contributed by atoms with Crippen LogP contribution in [0, 0.1) is 11.3 Å². The van der Waals surface area contributed by atoms with E-state index in [0.29, 0.717) is 18.9 Å². The van der Waals surface area contributed by atoms with E-state index in [4.69, 9.17) is 16.3 Å². The first kappa shape index (κ1) is 27.4. The number of halogens is 1. The largest absolute Gasteiger partial charge is 0.379 e. The predicted molar refractivity (Wildman–Crippen MR) is 144 cm³/mol. The Hall–Kier alpha value is -1.63. The number of nitrogens with zero attached hydrogens (tertiary/aromatic N) is 2. The van der Waals surface area contributed by atoms with Crippen LogP contribution < -0.4 is 5.32 Å². The van der Waals surface area contributed by atoms with Gasteiger partial charge in [0.2, 0.25) is 11.8 Å². The summed E-state index contributed by atoms with van der Waals surface area (Å²) in [6.07, 6.45) is 8.29. The topological polar surface area (TPSA) is 61.9 Å². The first-order chi connectivity index (χ1) is 17.4. The number of ether oxygens (including phenoxy) is 1. The average Bonchev–Trinajstić information content (AvgIpc) is 3.31. The highest BCUT2D eigenvalue weighted by Crippen LogP contribution is 2.38. The molecule has 36 heavy (non-hydrogen) atoms.